The van der Waals surface area contributed by atoms with Crippen molar-refractivity contribution < 1.29 is 4.74 Å². The highest BCUT2D eigenvalue weighted by atomic mass is 16.5. The normalized spacial score (nSPS) is 11.3. The Hall–Kier alpha value is -3.99. The summed E-state index contributed by atoms with van der Waals surface area (Å²) in [7, 11) is 1.91. The smallest absolute Gasteiger partial charge is 0.234 e. The van der Waals surface area contributed by atoms with E-state index in [4.69, 9.17) is 4.74 Å². The Morgan fingerprint density at radius 1 is 1.14 bits per heavy atom. The summed E-state index contributed by atoms with van der Waals surface area (Å²) in [4.78, 5) is 9.31. The van der Waals surface area contributed by atoms with E-state index in [1.54, 1.807) is 17.1 Å². The molecule has 8 heteroatoms. The monoisotopic (exact) mass is 369 g/mol. The molecular formula is C20H15N7O. The lowest BCUT2D eigenvalue weighted by Crippen LogP contribution is -2.02. The van der Waals surface area contributed by atoms with Gasteiger partial charge in [0.1, 0.15) is 41.0 Å². The van der Waals surface area contributed by atoms with Crippen LogP contribution in [0.5, 0.6) is 5.88 Å². The maximum atomic E-state index is 9.94. The molecule has 4 aromatic heterocycles. The van der Waals surface area contributed by atoms with Crippen molar-refractivity contribution in [3.63, 3.8) is 0 Å². The van der Waals surface area contributed by atoms with Gasteiger partial charge in [-0.2, -0.15) is 10.2 Å². The van der Waals surface area contributed by atoms with E-state index in [2.05, 4.69) is 26.2 Å². The van der Waals surface area contributed by atoms with Crippen molar-refractivity contribution in [2.45, 2.75) is 6.92 Å². The summed E-state index contributed by atoms with van der Waals surface area (Å²) in [6.45, 7) is 2.29. The number of ether oxygens (including phenoxy) is 1. The number of pyridine rings is 1. The molecular weight excluding hydrogens is 354 g/mol. The largest absolute Gasteiger partial charge is 0.477 e. The molecule has 0 atom stereocenters. The van der Waals surface area contributed by atoms with Gasteiger partial charge < -0.3 is 9.30 Å². The van der Waals surface area contributed by atoms with Gasteiger partial charge in [-0.3, -0.25) is 4.40 Å². The van der Waals surface area contributed by atoms with Gasteiger partial charge in [0.15, 0.2) is 5.65 Å². The minimum atomic E-state index is 0.319. The number of hydrogen-bond acceptors (Lipinski definition) is 6. The van der Waals surface area contributed by atoms with Gasteiger partial charge in [-0.25, -0.2) is 4.98 Å². The zero-order valence-electron chi connectivity index (χ0n) is 15.3. The first-order valence-corrected chi connectivity index (χ1v) is 8.83. The lowest BCUT2D eigenvalue weighted by Gasteiger charge is -2.11. The molecule has 0 aliphatic carbocycles. The van der Waals surface area contributed by atoms with Crippen molar-refractivity contribution in [1.82, 2.24) is 29.1 Å². The van der Waals surface area contributed by atoms with Gasteiger partial charge in [0.05, 0.1) is 12.0 Å². The van der Waals surface area contributed by atoms with Gasteiger partial charge in [0, 0.05) is 12.6 Å². The lowest BCUT2D eigenvalue weighted by molar-refractivity contribution is 0.327. The maximum absolute atomic E-state index is 9.94. The van der Waals surface area contributed by atoms with E-state index in [0.29, 0.717) is 29.3 Å². The summed E-state index contributed by atoms with van der Waals surface area (Å²) < 4.78 is 9.41. The van der Waals surface area contributed by atoms with Crippen LogP contribution in [0.1, 0.15) is 12.5 Å². The fraction of sp³-hybridized carbons (Fsp3) is 0.150. The average molecular weight is 369 g/mol. The zero-order valence-corrected chi connectivity index (χ0v) is 15.3. The topological polar surface area (TPSA) is 93.9 Å². The summed E-state index contributed by atoms with van der Waals surface area (Å²) >= 11 is 0. The highest BCUT2D eigenvalue weighted by Crippen LogP contribution is 2.40. The van der Waals surface area contributed by atoms with E-state index in [1.165, 1.54) is 0 Å². The number of hydrogen-bond donors (Lipinski definition) is 0. The minimum absolute atomic E-state index is 0.319. The summed E-state index contributed by atoms with van der Waals surface area (Å²) in [6, 6.07) is 12.1. The second-order valence-corrected chi connectivity index (χ2v) is 6.34. The second-order valence-electron chi connectivity index (χ2n) is 6.34. The number of rotatable bonds is 3. The molecule has 0 unspecified atom stereocenters. The van der Waals surface area contributed by atoms with Crippen LogP contribution >= 0.6 is 0 Å². The number of aromatic nitrogens is 6. The Morgan fingerprint density at radius 3 is 2.71 bits per heavy atom. The van der Waals surface area contributed by atoms with Crippen molar-refractivity contribution in [3.05, 3.63) is 48.5 Å². The Bertz CT molecular complexity index is 1390. The summed E-state index contributed by atoms with van der Waals surface area (Å²) in [6.07, 6.45) is 3.28. The van der Waals surface area contributed by atoms with Crippen molar-refractivity contribution in [2.24, 2.45) is 7.05 Å². The van der Waals surface area contributed by atoms with E-state index >= 15 is 0 Å². The first-order chi connectivity index (χ1) is 13.7. The Morgan fingerprint density at radius 2 is 1.96 bits per heavy atom. The van der Waals surface area contributed by atoms with Gasteiger partial charge in [-0.1, -0.05) is 30.3 Å². The van der Waals surface area contributed by atoms with E-state index < -0.39 is 0 Å². The van der Waals surface area contributed by atoms with Crippen LogP contribution in [0.3, 0.4) is 0 Å². The molecule has 136 valence electrons. The quantitative estimate of drug-likeness (QED) is 0.485. The molecule has 8 nitrogen and oxygen atoms in total. The van der Waals surface area contributed by atoms with Gasteiger partial charge in [0.2, 0.25) is 5.88 Å². The van der Waals surface area contributed by atoms with Crippen LogP contribution in [0.4, 0.5) is 0 Å². The molecule has 4 heterocycles. The fourth-order valence-corrected chi connectivity index (χ4v) is 3.64. The summed E-state index contributed by atoms with van der Waals surface area (Å²) in [5.74, 6) is 0.319. The fourth-order valence-electron chi connectivity index (χ4n) is 3.64. The molecule has 0 aliphatic rings. The third kappa shape index (κ3) is 2.10. The van der Waals surface area contributed by atoms with E-state index in [1.807, 2.05) is 48.9 Å². The van der Waals surface area contributed by atoms with Crippen LogP contribution < -0.4 is 4.74 Å². The summed E-state index contributed by atoms with van der Waals surface area (Å²) in [5, 5.41) is 19.0. The standard InChI is InChI=1S/C20H15N7O/c1-3-28-20-13(9-21)14(12-7-5-4-6-8-12)15-16-17(26(2)18(15)24-20)19-25-23-11-27(19)10-22-16/h4-8,10-11H,3H2,1-2H3. The van der Waals surface area contributed by atoms with Crippen molar-refractivity contribution in [3.8, 4) is 23.1 Å². The number of aryl methyl sites for hydroxylation is 1. The Kier molecular flexibility index (Phi) is 3.49. The Labute approximate surface area is 159 Å². The SMILES string of the molecule is CCOc1nc2c(c(-c3ccccc3)c1C#N)c1ncn3cnnc3c1n2C. The molecule has 0 aliphatic heterocycles. The first-order valence-electron chi connectivity index (χ1n) is 8.83. The third-order valence-electron chi connectivity index (χ3n) is 4.81. The molecule has 0 spiro atoms. The highest BCUT2D eigenvalue weighted by molar-refractivity contribution is 6.16. The van der Waals surface area contributed by atoms with Gasteiger partial charge in [-0.15, -0.1) is 10.2 Å². The number of nitrogens with zero attached hydrogens (tertiary/aromatic N) is 7. The molecule has 0 amide bonds. The van der Waals surface area contributed by atoms with E-state index in [0.717, 1.165) is 27.5 Å². The van der Waals surface area contributed by atoms with Crippen LogP contribution in [0.15, 0.2) is 43.0 Å². The lowest BCUT2D eigenvalue weighted by atomic mass is 9.98. The van der Waals surface area contributed by atoms with E-state index in [-0.39, 0.29) is 0 Å². The zero-order chi connectivity index (χ0) is 19.3. The van der Waals surface area contributed by atoms with Crippen LogP contribution in [-0.2, 0) is 7.05 Å². The van der Waals surface area contributed by atoms with Crippen LogP contribution in [0, 0.1) is 11.3 Å². The third-order valence-corrected chi connectivity index (χ3v) is 4.81. The number of fused-ring (bicyclic) bond motifs is 5. The predicted octanol–water partition coefficient (Wildman–Crippen LogP) is 3.10. The van der Waals surface area contributed by atoms with Crippen molar-refractivity contribution in [1.29, 1.82) is 5.26 Å². The van der Waals surface area contributed by atoms with Crippen LogP contribution in [0.2, 0.25) is 0 Å². The molecule has 0 bridgehead atoms. The molecule has 0 radical (unpaired) electrons. The molecule has 5 rings (SSSR count). The van der Waals surface area contributed by atoms with Crippen LogP contribution in [0.25, 0.3) is 38.8 Å². The molecule has 1 aromatic carbocycles. The van der Waals surface area contributed by atoms with Crippen molar-refractivity contribution in [2.75, 3.05) is 6.61 Å². The van der Waals surface area contributed by atoms with Gasteiger partial charge in [-0.05, 0) is 12.5 Å². The van der Waals surface area contributed by atoms with Crippen LogP contribution in [-0.4, -0.2) is 35.7 Å². The number of nitriles is 1. The number of benzene rings is 1. The summed E-state index contributed by atoms with van der Waals surface area (Å²) in [5.41, 5.74) is 4.96. The van der Waals surface area contributed by atoms with Crippen molar-refractivity contribution >= 4 is 27.7 Å². The minimum Gasteiger partial charge on any atom is -0.477 e. The van der Waals surface area contributed by atoms with Gasteiger partial charge in [0.25, 0.3) is 0 Å². The first kappa shape index (κ1) is 16.2. The second kappa shape index (κ2) is 6.03. The molecule has 5 aromatic rings. The Balaban J connectivity index is 2.06. The molecule has 0 N–H and O–H groups in total. The highest BCUT2D eigenvalue weighted by Gasteiger charge is 2.24. The average Bonchev–Trinajstić information content (AvgIpc) is 3.31. The molecule has 0 fully saturated rings. The maximum Gasteiger partial charge on any atom is 0.234 e. The molecule has 28 heavy (non-hydrogen) atoms. The molecule has 0 saturated carbocycles. The predicted molar refractivity (Wildman–Crippen MR) is 104 cm³/mol. The van der Waals surface area contributed by atoms with E-state index in [9.17, 15) is 5.26 Å². The molecule has 0 saturated heterocycles. The van der Waals surface area contributed by atoms with Gasteiger partial charge >= 0.3 is 0 Å².